The maximum absolute atomic E-state index is 13.2. The van der Waals surface area contributed by atoms with Gasteiger partial charge in [0, 0.05) is 18.2 Å². The van der Waals surface area contributed by atoms with Crippen LogP contribution >= 0.6 is 11.6 Å². The fourth-order valence-electron chi connectivity index (χ4n) is 4.74. The number of nitrogens with zero attached hydrogens (tertiary/aromatic N) is 3. The van der Waals surface area contributed by atoms with Crippen LogP contribution in [0.4, 0.5) is 0 Å². The van der Waals surface area contributed by atoms with Crippen molar-refractivity contribution in [3.8, 4) is 5.75 Å². The number of fused-ring (bicyclic) bond motifs is 1. The number of methoxy groups -OCH3 is 1. The monoisotopic (exact) mass is 401 g/mol. The van der Waals surface area contributed by atoms with Gasteiger partial charge in [0.1, 0.15) is 12.3 Å². The van der Waals surface area contributed by atoms with E-state index >= 15 is 0 Å². The van der Waals surface area contributed by atoms with E-state index in [1.54, 1.807) is 7.11 Å². The number of carbonyl (C=O) groups excluding carboxylic acids is 1. The van der Waals surface area contributed by atoms with Crippen LogP contribution in [0, 0.1) is 6.92 Å². The Morgan fingerprint density at radius 1 is 1.32 bits per heavy atom. The van der Waals surface area contributed by atoms with E-state index in [0.29, 0.717) is 23.2 Å². The third-order valence-electron chi connectivity index (χ3n) is 6.32. The van der Waals surface area contributed by atoms with Crippen LogP contribution in [0.2, 0.25) is 5.02 Å². The maximum atomic E-state index is 13.2. The van der Waals surface area contributed by atoms with Gasteiger partial charge < -0.3 is 9.64 Å². The zero-order valence-corrected chi connectivity index (χ0v) is 17.6. The highest BCUT2D eigenvalue weighted by molar-refractivity contribution is 6.32. The third-order valence-corrected chi connectivity index (χ3v) is 6.73. The molecule has 2 aromatic rings. The van der Waals surface area contributed by atoms with Gasteiger partial charge in [0.05, 0.1) is 23.9 Å². The molecule has 0 radical (unpaired) electrons. The zero-order chi connectivity index (χ0) is 19.8. The van der Waals surface area contributed by atoms with Gasteiger partial charge >= 0.3 is 0 Å². The summed E-state index contributed by atoms with van der Waals surface area (Å²) in [6.07, 6.45) is 5.36. The second-order valence-electron chi connectivity index (χ2n) is 8.01. The number of carbonyl (C=O) groups is 1. The van der Waals surface area contributed by atoms with Crippen molar-refractivity contribution in [2.24, 2.45) is 0 Å². The molecule has 1 saturated heterocycles. The van der Waals surface area contributed by atoms with E-state index in [4.69, 9.17) is 21.4 Å². The first-order valence-corrected chi connectivity index (χ1v) is 10.6. The van der Waals surface area contributed by atoms with Crippen LogP contribution in [0.5, 0.6) is 5.75 Å². The van der Waals surface area contributed by atoms with Crippen molar-refractivity contribution in [3.63, 3.8) is 0 Å². The van der Waals surface area contributed by atoms with Gasteiger partial charge in [-0.15, -0.1) is 0 Å². The molecule has 1 aromatic heterocycles. The molecule has 4 rings (SSSR count). The first kappa shape index (κ1) is 19.3. The molecular weight excluding hydrogens is 374 g/mol. The van der Waals surface area contributed by atoms with Crippen molar-refractivity contribution in [3.05, 3.63) is 45.7 Å². The quantitative estimate of drug-likeness (QED) is 0.748. The van der Waals surface area contributed by atoms with E-state index in [0.717, 1.165) is 37.1 Å². The topological polar surface area (TPSA) is 47.4 Å². The highest BCUT2D eigenvalue weighted by Gasteiger charge is 2.33. The molecule has 0 bridgehead atoms. The van der Waals surface area contributed by atoms with Gasteiger partial charge in [-0.1, -0.05) is 30.7 Å². The smallest absolute Gasteiger partial charge is 0.244 e. The molecule has 5 nitrogen and oxygen atoms in total. The minimum Gasteiger partial charge on any atom is -0.495 e. The molecule has 0 spiro atoms. The lowest BCUT2D eigenvalue weighted by molar-refractivity contribution is -0.133. The normalized spacial score (nSPS) is 21.6. The minimum atomic E-state index is -0.000448. The molecule has 0 saturated carbocycles. The summed E-state index contributed by atoms with van der Waals surface area (Å²) >= 11 is 6.55. The van der Waals surface area contributed by atoms with Crippen molar-refractivity contribution in [1.29, 1.82) is 0 Å². The number of ether oxygens (including phenoxy) is 1. The lowest BCUT2D eigenvalue weighted by Gasteiger charge is -2.26. The Bertz CT molecular complexity index is 892. The SMILES string of the molecule is COc1cccc([C@@H]2CCCN2C(=O)Cn2nc3c(c2C)CCC[C@@H]3C)c1Cl. The summed E-state index contributed by atoms with van der Waals surface area (Å²) in [4.78, 5) is 15.2. The number of hydrogen-bond donors (Lipinski definition) is 0. The molecule has 1 aromatic carbocycles. The fraction of sp³-hybridized carbons (Fsp3) is 0.545. The van der Waals surface area contributed by atoms with Gasteiger partial charge in [-0.05, 0) is 56.2 Å². The number of benzene rings is 1. The summed E-state index contributed by atoms with van der Waals surface area (Å²) in [6, 6.07) is 5.79. The van der Waals surface area contributed by atoms with E-state index < -0.39 is 0 Å². The molecule has 2 atom stereocenters. The summed E-state index contributed by atoms with van der Waals surface area (Å²) in [6.45, 7) is 5.38. The van der Waals surface area contributed by atoms with Gasteiger partial charge in [0.25, 0.3) is 0 Å². The van der Waals surface area contributed by atoms with Gasteiger partial charge in [-0.3, -0.25) is 9.48 Å². The molecule has 0 N–H and O–H groups in total. The van der Waals surface area contributed by atoms with E-state index in [2.05, 4.69) is 13.8 Å². The summed E-state index contributed by atoms with van der Waals surface area (Å²) in [5.41, 5.74) is 4.65. The lowest BCUT2D eigenvalue weighted by atomic mass is 9.88. The van der Waals surface area contributed by atoms with Crippen molar-refractivity contribution in [2.75, 3.05) is 13.7 Å². The van der Waals surface area contributed by atoms with Crippen molar-refractivity contribution in [2.45, 2.75) is 64.5 Å². The highest BCUT2D eigenvalue weighted by atomic mass is 35.5. The number of aromatic nitrogens is 2. The van der Waals surface area contributed by atoms with Crippen molar-refractivity contribution in [1.82, 2.24) is 14.7 Å². The first-order chi connectivity index (χ1) is 13.5. The molecular formula is C22H28ClN3O2. The summed E-state index contributed by atoms with van der Waals surface area (Å²) in [7, 11) is 1.62. The lowest BCUT2D eigenvalue weighted by Crippen LogP contribution is -2.34. The van der Waals surface area contributed by atoms with Crippen LogP contribution in [0.3, 0.4) is 0 Å². The molecule has 28 heavy (non-hydrogen) atoms. The number of likely N-dealkylation sites (tertiary alicyclic amines) is 1. The Labute approximate surface area is 171 Å². The molecule has 1 amide bonds. The molecule has 1 fully saturated rings. The molecule has 0 unspecified atom stereocenters. The second-order valence-corrected chi connectivity index (χ2v) is 8.39. The van der Waals surface area contributed by atoms with E-state index in [1.165, 1.54) is 24.1 Å². The van der Waals surface area contributed by atoms with E-state index in [9.17, 15) is 4.79 Å². The maximum Gasteiger partial charge on any atom is 0.244 e. The fourth-order valence-corrected chi connectivity index (χ4v) is 5.07. The standard InChI is InChI=1S/C22H28ClN3O2/c1-14-7-4-8-16-15(2)26(24-22(14)16)13-20(27)25-12-6-10-18(25)17-9-5-11-19(28-3)21(17)23/h5,9,11,14,18H,4,6-8,10,12-13H2,1-3H3/t14-,18-/m0/s1. The summed E-state index contributed by atoms with van der Waals surface area (Å²) in [5.74, 6) is 1.24. The third kappa shape index (κ3) is 3.30. The van der Waals surface area contributed by atoms with Crippen LogP contribution in [-0.2, 0) is 17.8 Å². The molecule has 6 heteroatoms. The van der Waals surface area contributed by atoms with Crippen LogP contribution in [0.15, 0.2) is 18.2 Å². The Balaban J connectivity index is 1.57. The predicted molar refractivity (Wildman–Crippen MR) is 110 cm³/mol. The molecule has 2 aliphatic rings. The van der Waals surface area contributed by atoms with Gasteiger partial charge in [0.2, 0.25) is 5.91 Å². The second kappa shape index (κ2) is 7.78. The van der Waals surface area contributed by atoms with Gasteiger partial charge in [0.15, 0.2) is 0 Å². The molecule has 2 heterocycles. The number of halogens is 1. The average molecular weight is 402 g/mol. The summed E-state index contributed by atoms with van der Waals surface area (Å²) < 4.78 is 7.27. The van der Waals surface area contributed by atoms with Crippen LogP contribution in [0.1, 0.15) is 67.1 Å². The first-order valence-electron chi connectivity index (χ1n) is 10.2. The molecule has 1 aliphatic heterocycles. The Morgan fingerprint density at radius 3 is 2.89 bits per heavy atom. The van der Waals surface area contributed by atoms with Crippen LogP contribution < -0.4 is 4.74 Å². The average Bonchev–Trinajstić information content (AvgIpc) is 3.29. The predicted octanol–water partition coefficient (Wildman–Crippen LogP) is 4.66. The Morgan fingerprint density at radius 2 is 2.14 bits per heavy atom. The zero-order valence-electron chi connectivity index (χ0n) is 16.9. The number of hydrogen-bond acceptors (Lipinski definition) is 3. The van der Waals surface area contributed by atoms with Crippen molar-refractivity contribution < 1.29 is 9.53 Å². The van der Waals surface area contributed by atoms with Gasteiger partial charge in [-0.2, -0.15) is 5.10 Å². The number of amides is 1. The van der Waals surface area contributed by atoms with Gasteiger partial charge in [-0.25, -0.2) is 0 Å². The largest absolute Gasteiger partial charge is 0.495 e. The van der Waals surface area contributed by atoms with Crippen LogP contribution in [-0.4, -0.2) is 34.2 Å². The minimum absolute atomic E-state index is 0.000448. The van der Waals surface area contributed by atoms with E-state index in [1.807, 2.05) is 27.8 Å². The number of rotatable bonds is 4. The Kier molecular flexibility index (Phi) is 5.37. The van der Waals surface area contributed by atoms with Crippen molar-refractivity contribution >= 4 is 17.5 Å². The molecule has 1 aliphatic carbocycles. The summed E-state index contributed by atoms with van der Waals surface area (Å²) in [5, 5.41) is 5.41. The Hall–Kier alpha value is -2.01. The molecule has 150 valence electrons. The van der Waals surface area contributed by atoms with E-state index in [-0.39, 0.29) is 11.9 Å². The highest BCUT2D eigenvalue weighted by Crippen LogP contribution is 2.40. The van der Waals surface area contributed by atoms with Crippen LogP contribution in [0.25, 0.3) is 0 Å².